The maximum Gasteiger partial charge on any atom is 0.273 e. The zero-order valence-corrected chi connectivity index (χ0v) is 23.2. The van der Waals surface area contributed by atoms with Gasteiger partial charge in [-0.2, -0.15) is 4.98 Å². The van der Waals surface area contributed by atoms with Gasteiger partial charge >= 0.3 is 0 Å². The molecular weight excluding hydrogens is 546 g/mol. The largest absolute Gasteiger partial charge is 0.494 e. The third kappa shape index (κ3) is 6.63. The Morgan fingerprint density at radius 2 is 1.93 bits per heavy atom. The smallest absolute Gasteiger partial charge is 0.273 e. The summed E-state index contributed by atoms with van der Waals surface area (Å²) >= 11 is 0. The van der Waals surface area contributed by atoms with E-state index in [-0.39, 0.29) is 47.4 Å². The van der Waals surface area contributed by atoms with Gasteiger partial charge in [0, 0.05) is 56.4 Å². The first kappa shape index (κ1) is 25.1. The Kier molecular flexibility index (Phi) is 7.72. The van der Waals surface area contributed by atoms with Crippen molar-refractivity contribution in [2.24, 2.45) is 5.92 Å². The van der Waals surface area contributed by atoms with E-state index < -0.39 is 12.9 Å². The molecule has 5 rings (SSSR count). The van der Waals surface area contributed by atoms with Crippen molar-refractivity contribution in [3.63, 3.8) is 0 Å². The molecule has 2 aliphatic rings. The maximum absolute atomic E-state index is 12.8. The van der Waals surface area contributed by atoms with E-state index >= 15 is 0 Å². The molecule has 3 N–H and O–H groups in total. The molecule has 3 amide bonds. The zero-order valence-electron chi connectivity index (χ0n) is 26.2. The number of methoxy groups -OCH3 is 2. The van der Waals surface area contributed by atoms with Crippen molar-refractivity contribution < 1.29 is 32.5 Å². The lowest BCUT2D eigenvalue weighted by atomic mass is 10.1. The summed E-state index contributed by atoms with van der Waals surface area (Å²) < 4.78 is 38.4. The van der Waals surface area contributed by atoms with E-state index in [1.165, 1.54) is 20.3 Å². The highest BCUT2D eigenvalue weighted by atomic mass is 16.5. The van der Waals surface area contributed by atoms with Crippen LogP contribution in [0.25, 0.3) is 11.5 Å². The molecule has 1 aliphatic carbocycles. The van der Waals surface area contributed by atoms with Crippen LogP contribution < -0.4 is 20.7 Å². The quantitative estimate of drug-likeness (QED) is 0.296. The molecule has 3 heterocycles. The van der Waals surface area contributed by atoms with Crippen LogP contribution in [0.1, 0.15) is 33.3 Å². The van der Waals surface area contributed by atoms with Gasteiger partial charge in [0.2, 0.25) is 11.8 Å². The number of carbonyl (C=O) groups is 3. The first-order chi connectivity index (χ1) is 21.5. The number of para-hydroxylation sites is 1. The number of aromatic nitrogens is 4. The number of hydrogen-bond donors (Lipinski definition) is 3. The molecule has 1 aromatic carbocycles. The number of hydrogen-bond acceptors (Lipinski definition) is 12. The third-order valence-corrected chi connectivity index (χ3v) is 6.87. The number of piperazine rings is 1. The van der Waals surface area contributed by atoms with Gasteiger partial charge in [0.15, 0.2) is 23.1 Å². The summed E-state index contributed by atoms with van der Waals surface area (Å²) in [5.41, 5.74) is 0.575. The van der Waals surface area contributed by atoms with Gasteiger partial charge in [0.1, 0.15) is 6.61 Å². The highest BCUT2D eigenvalue weighted by Crippen LogP contribution is 2.38. The van der Waals surface area contributed by atoms with Crippen LogP contribution in [-0.2, 0) is 20.9 Å². The lowest BCUT2D eigenvalue weighted by Gasteiger charge is -2.33. The molecule has 2 fully saturated rings. The minimum Gasteiger partial charge on any atom is -0.494 e. The molecule has 0 atom stereocenters. The van der Waals surface area contributed by atoms with Gasteiger partial charge in [-0.1, -0.05) is 11.2 Å². The molecule has 15 nitrogen and oxygen atoms in total. The van der Waals surface area contributed by atoms with Crippen molar-refractivity contribution in [3.8, 4) is 17.2 Å². The summed E-state index contributed by atoms with van der Waals surface area (Å²) in [5, 5.41) is 19.6. The standard InChI is InChI=1S/C27H33N9O6/c1-28-26(39)23-19(13-20(32-33-23)30-25(38)16-7-8-16)29-18-6-4-5-17(24(18)41-3)27-31-21(34-42-27)14-35-9-11-36(12-10-35)22(37)15-40-2/h4-6,13,16H,7-12,14-15H2,1-3H3,(H,28,39)(H2,29,30,32,38)/i1D3. The number of rotatable bonds is 11. The van der Waals surface area contributed by atoms with Crippen molar-refractivity contribution in [3.05, 3.63) is 35.8 Å². The van der Waals surface area contributed by atoms with Gasteiger partial charge in [0.25, 0.3) is 11.8 Å². The van der Waals surface area contributed by atoms with Crippen molar-refractivity contribution in [1.82, 2.24) is 35.5 Å². The van der Waals surface area contributed by atoms with Gasteiger partial charge in [-0.25, -0.2) is 0 Å². The van der Waals surface area contributed by atoms with E-state index in [4.69, 9.17) is 18.1 Å². The highest BCUT2D eigenvalue weighted by Gasteiger charge is 2.30. The molecule has 3 aromatic rings. The molecule has 222 valence electrons. The Morgan fingerprint density at radius 1 is 1.12 bits per heavy atom. The third-order valence-electron chi connectivity index (χ3n) is 6.87. The van der Waals surface area contributed by atoms with Gasteiger partial charge in [0.05, 0.1) is 30.6 Å². The Morgan fingerprint density at radius 3 is 2.64 bits per heavy atom. The Bertz CT molecular complexity index is 1550. The predicted octanol–water partition coefficient (Wildman–Crippen LogP) is 1.28. The topological polar surface area (TPSA) is 177 Å². The molecule has 1 saturated heterocycles. The van der Waals surface area contributed by atoms with Gasteiger partial charge in [-0.05, 0) is 25.0 Å². The highest BCUT2D eigenvalue weighted by molar-refractivity contribution is 6.00. The monoisotopic (exact) mass is 582 g/mol. The van der Waals surface area contributed by atoms with Gasteiger partial charge < -0.3 is 34.8 Å². The van der Waals surface area contributed by atoms with Crippen LogP contribution in [0.3, 0.4) is 0 Å². The van der Waals surface area contributed by atoms with E-state index in [0.717, 1.165) is 12.8 Å². The Labute approximate surface area is 246 Å². The van der Waals surface area contributed by atoms with Crippen LogP contribution >= 0.6 is 0 Å². The lowest BCUT2D eigenvalue weighted by Crippen LogP contribution is -2.49. The second-order valence-electron chi connectivity index (χ2n) is 9.83. The van der Waals surface area contributed by atoms with Crippen molar-refractivity contribution >= 4 is 34.9 Å². The second-order valence-corrected chi connectivity index (χ2v) is 9.83. The van der Waals surface area contributed by atoms with Crippen LogP contribution in [0, 0.1) is 5.92 Å². The second kappa shape index (κ2) is 12.9. The fraction of sp³-hybridized carbons (Fsp3) is 0.444. The summed E-state index contributed by atoms with van der Waals surface area (Å²) in [7, 11) is 2.94. The predicted molar refractivity (Wildman–Crippen MR) is 150 cm³/mol. The normalized spacial score (nSPS) is 16.6. The summed E-state index contributed by atoms with van der Waals surface area (Å²) in [5.74, 6) is -0.362. The van der Waals surface area contributed by atoms with Crippen molar-refractivity contribution in [1.29, 1.82) is 0 Å². The zero-order chi connectivity index (χ0) is 32.1. The van der Waals surface area contributed by atoms with E-state index in [9.17, 15) is 14.4 Å². The SMILES string of the molecule is [2H]C([2H])([2H])NC(=O)c1nnc(NC(=O)C2CC2)cc1Nc1cccc(-c2nc(CN3CCN(C(=O)COC)CC3)no2)c1OC. The van der Waals surface area contributed by atoms with Crippen LogP contribution in [-0.4, -0.2) is 102 Å². The molecular formula is C27H33N9O6. The average molecular weight is 583 g/mol. The first-order valence-corrected chi connectivity index (χ1v) is 13.3. The number of nitrogens with zero attached hydrogens (tertiary/aromatic N) is 6. The number of nitrogens with one attached hydrogen (secondary N) is 3. The van der Waals surface area contributed by atoms with Crippen LogP contribution in [0.2, 0.25) is 0 Å². The van der Waals surface area contributed by atoms with Crippen LogP contribution in [0.5, 0.6) is 5.75 Å². The number of ether oxygens (including phenoxy) is 2. The van der Waals surface area contributed by atoms with E-state index in [1.807, 2.05) is 5.32 Å². The number of carbonyl (C=O) groups excluding carboxylic acids is 3. The number of amides is 3. The summed E-state index contributed by atoms with van der Waals surface area (Å²) in [6.07, 6.45) is 1.55. The molecule has 1 aliphatic heterocycles. The van der Waals surface area contributed by atoms with Crippen molar-refractivity contribution in [2.75, 3.05) is 64.6 Å². The van der Waals surface area contributed by atoms with E-state index in [2.05, 4.69) is 35.9 Å². The molecule has 0 bridgehead atoms. The minimum atomic E-state index is -2.77. The van der Waals surface area contributed by atoms with E-state index in [0.29, 0.717) is 55.5 Å². The molecule has 0 radical (unpaired) electrons. The molecule has 1 saturated carbocycles. The van der Waals surface area contributed by atoms with Crippen LogP contribution in [0.15, 0.2) is 28.8 Å². The number of benzene rings is 1. The molecule has 0 unspecified atom stereocenters. The molecule has 42 heavy (non-hydrogen) atoms. The summed E-state index contributed by atoms with van der Waals surface area (Å²) in [6.45, 7) is 0.114. The molecule has 0 spiro atoms. The minimum absolute atomic E-state index is 0.0496. The Hall–Kier alpha value is -4.63. The van der Waals surface area contributed by atoms with Gasteiger partial charge in [-0.15, -0.1) is 10.2 Å². The average Bonchev–Trinajstić information content (AvgIpc) is 3.75. The first-order valence-electron chi connectivity index (χ1n) is 14.8. The van der Waals surface area contributed by atoms with E-state index in [1.54, 1.807) is 23.1 Å². The maximum atomic E-state index is 12.8. The van der Waals surface area contributed by atoms with Gasteiger partial charge in [-0.3, -0.25) is 19.3 Å². The number of anilines is 3. The van der Waals surface area contributed by atoms with Crippen molar-refractivity contribution in [2.45, 2.75) is 19.4 Å². The molecule has 2 aromatic heterocycles. The fourth-order valence-corrected chi connectivity index (χ4v) is 4.52. The van der Waals surface area contributed by atoms with Crippen LogP contribution in [0.4, 0.5) is 17.2 Å². The lowest BCUT2D eigenvalue weighted by molar-refractivity contribution is -0.137. The molecule has 15 heteroatoms. The summed E-state index contributed by atoms with van der Waals surface area (Å²) in [4.78, 5) is 45.6. The fourth-order valence-electron chi connectivity index (χ4n) is 4.52. The Balaban J connectivity index is 1.35. The summed E-state index contributed by atoms with van der Waals surface area (Å²) in [6, 6.07) is 6.47.